The first kappa shape index (κ1) is 10.4. The van der Waals surface area contributed by atoms with Gasteiger partial charge in [-0.1, -0.05) is 6.92 Å². The van der Waals surface area contributed by atoms with Crippen LogP contribution in [0.2, 0.25) is 0 Å². The lowest BCUT2D eigenvalue weighted by molar-refractivity contribution is -0.265. The number of carbonyl (C=O) groups is 1. The maximum atomic E-state index is 10.5. The second kappa shape index (κ2) is 3.59. The van der Waals surface area contributed by atoms with Crippen molar-refractivity contribution in [1.82, 2.24) is 0 Å². The molecule has 1 fully saturated rings. The number of aliphatic hydroxyl groups excluding tert-OH is 3. The summed E-state index contributed by atoms with van der Waals surface area (Å²) in [5, 5.41) is 36.0. The number of carboxylic acids is 1. The average molecular weight is 192 g/mol. The van der Waals surface area contributed by atoms with E-state index in [1.165, 1.54) is 6.92 Å². The Balaban J connectivity index is 2.76. The molecule has 1 rings (SSSR count). The summed E-state index contributed by atoms with van der Waals surface area (Å²) in [4.78, 5) is 10.5. The number of aliphatic hydroxyl groups is 3. The lowest BCUT2D eigenvalue weighted by atomic mass is 9.91. The molecule has 0 unspecified atom stereocenters. The molecular weight excluding hydrogens is 180 g/mol. The van der Waals surface area contributed by atoms with Crippen LogP contribution in [0.1, 0.15) is 6.92 Å². The van der Waals surface area contributed by atoms with Crippen molar-refractivity contribution in [3.05, 3.63) is 0 Å². The Bertz CT molecular complexity index is 205. The molecule has 6 nitrogen and oxygen atoms in total. The fourth-order valence-corrected chi connectivity index (χ4v) is 1.30. The third-order valence-corrected chi connectivity index (χ3v) is 2.19. The van der Waals surface area contributed by atoms with Gasteiger partial charge in [0.2, 0.25) is 0 Å². The largest absolute Gasteiger partial charge is 0.479 e. The molecule has 6 heteroatoms. The van der Waals surface area contributed by atoms with Crippen molar-refractivity contribution in [2.75, 3.05) is 0 Å². The molecule has 76 valence electrons. The SMILES string of the molecule is C[C@H]1[C@H](O)[C@@H](O)[C@@H](O)O[C@@H]1C(=O)O. The number of rotatable bonds is 1. The van der Waals surface area contributed by atoms with Gasteiger partial charge in [0.05, 0.1) is 6.10 Å². The lowest BCUT2D eigenvalue weighted by Gasteiger charge is -2.37. The number of ether oxygens (including phenoxy) is 1. The zero-order valence-electron chi connectivity index (χ0n) is 6.99. The zero-order valence-corrected chi connectivity index (χ0v) is 6.99. The Morgan fingerprint density at radius 3 is 2.23 bits per heavy atom. The molecule has 0 aliphatic carbocycles. The van der Waals surface area contributed by atoms with Gasteiger partial charge in [-0.3, -0.25) is 0 Å². The Morgan fingerprint density at radius 2 is 1.77 bits per heavy atom. The highest BCUT2D eigenvalue weighted by Crippen LogP contribution is 2.24. The van der Waals surface area contributed by atoms with Crippen molar-refractivity contribution in [3.8, 4) is 0 Å². The summed E-state index contributed by atoms with van der Waals surface area (Å²) in [6.45, 7) is 1.43. The maximum Gasteiger partial charge on any atom is 0.333 e. The highest BCUT2D eigenvalue weighted by atomic mass is 16.6. The monoisotopic (exact) mass is 192 g/mol. The smallest absolute Gasteiger partial charge is 0.333 e. The molecule has 1 heterocycles. The van der Waals surface area contributed by atoms with E-state index in [0.717, 1.165) is 0 Å². The molecule has 1 aliphatic heterocycles. The minimum Gasteiger partial charge on any atom is -0.479 e. The number of hydrogen-bond donors (Lipinski definition) is 4. The minimum atomic E-state index is -1.65. The van der Waals surface area contributed by atoms with Crippen LogP contribution in [-0.2, 0) is 9.53 Å². The molecular formula is C7H12O6. The summed E-state index contributed by atoms with van der Waals surface area (Å²) in [7, 11) is 0. The second-order valence-corrected chi connectivity index (χ2v) is 3.13. The number of carboxylic acid groups (broad SMARTS) is 1. The minimum absolute atomic E-state index is 0.754. The van der Waals surface area contributed by atoms with E-state index >= 15 is 0 Å². The fraction of sp³-hybridized carbons (Fsp3) is 0.857. The van der Waals surface area contributed by atoms with Crippen LogP contribution in [-0.4, -0.2) is 51.0 Å². The lowest BCUT2D eigenvalue weighted by Crippen LogP contribution is -2.55. The molecule has 5 atom stereocenters. The van der Waals surface area contributed by atoms with E-state index in [-0.39, 0.29) is 0 Å². The van der Waals surface area contributed by atoms with Crippen molar-refractivity contribution in [1.29, 1.82) is 0 Å². The molecule has 0 aromatic rings. The molecule has 0 amide bonds. The van der Waals surface area contributed by atoms with Gasteiger partial charge in [-0.25, -0.2) is 4.79 Å². The van der Waals surface area contributed by atoms with Gasteiger partial charge in [-0.15, -0.1) is 0 Å². The maximum absolute atomic E-state index is 10.5. The van der Waals surface area contributed by atoms with E-state index in [4.69, 9.17) is 15.3 Å². The summed E-state index contributed by atoms with van der Waals surface area (Å²) >= 11 is 0. The summed E-state index contributed by atoms with van der Waals surface area (Å²) < 4.78 is 4.59. The van der Waals surface area contributed by atoms with Crippen LogP contribution in [0.4, 0.5) is 0 Å². The van der Waals surface area contributed by atoms with E-state index in [0.29, 0.717) is 0 Å². The van der Waals surface area contributed by atoms with E-state index in [1.54, 1.807) is 0 Å². The van der Waals surface area contributed by atoms with Crippen molar-refractivity contribution < 1.29 is 30.0 Å². The van der Waals surface area contributed by atoms with Crippen LogP contribution in [0.5, 0.6) is 0 Å². The van der Waals surface area contributed by atoms with Gasteiger partial charge in [0.15, 0.2) is 12.4 Å². The van der Waals surface area contributed by atoms with E-state index in [2.05, 4.69) is 4.74 Å². The van der Waals surface area contributed by atoms with Crippen molar-refractivity contribution in [2.45, 2.75) is 31.5 Å². The van der Waals surface area contributed by atoms with Crippen molar-refractivity contribution >= 4 is 5.97 Å². The summed E-state index contributed by atoms with van der Waals surface area (Å²) in [6.07, 6.45) is -5.67. The first-order valence-corrected chi connectivity index (χ1v) is 3.87. The summed E-state index contributed by atoms with van der Waals surface area (Å²) in [5.74, 6) is -2.02. The van der Waals surface area contributed by atoms with Crippen LogP contribution < -0.4 is 0 Å². The van der Waals surface area contributed by atoms with Gasteiger partial charge >= 0.3 is 5.97 Å². The molecule has 0 radical (unpaired) electrons. The predicted octanol–water partition coefficient (Wildman–Crippen LogP) is -1.85. The topological polar surface area (TPSA) is 107 Å². The van der Waals surface area contributed by atoms with Crippen molar-refractivity contribution in [2.24, 2.45) is 5.92 Å². The standard InChI is InChI=1S/C7H12O6/c1-2-3(8)4(9)7(12)13-5(2)6(10)11/h2-5,7-9,12H,1H3,(H,10,11)/t2-,3-,4+,5-,7-/m0/s1. The first-order chi connectivity index (χ1) is 5.95. The van der Waals surface area contributed by atoms with E-state index in [1.807, 2.05) is 0 Å². The molecule has 13 heavy (non-hydrogen) atoms. The number of hydrogen-bond acceptors (Lipinski definition) is 5. The van der Waals surface area contributed by atoms with Gasteiger partial charge in [0, 0.05) is 5.92 Å². The zero-order chi connectivity index (χ0) is 10.2. The van der Waals surface area contributed by atoms with Crippen LogP contribution in [0.3, 0.4) is 0 Å². The molecule has 0 bridgehead atoms. The third kappa shape index (κ3) is 1.80. The van der Waals surface area contributed by atoms with Crippen LogP contribution in [0.25, 0.3) is 0 Å². The van der Waals surface area contributed by atoms with Crippen LogP contribution >= 0.6 is 0 Å². The Kier molecular flexibility index (Phi) is 2.87. The second-order valence-electron chi connectivity index (χ2n) is 3.13. The van der Waals surface area contributed by atoms with Crippen LogP contribution in [0, 0.1) is 5.92 Å². The molecule has 0 aromatic carbocycles. The number of aliphatic carboxylic acids is 1. The Labute approximate surface area is 74.4 Å². The molecule has 0 spiro atoms. The normalized spacial score (nSPS) is 46.0. The quantitative estimate of drug-likeness (QED) is 0.388. The molecule has 1 aliphatic rings. The highest BCUT2D eigenvalue weighted by molar-refractivity contribution is 5.73. The van der Waals surface area contributed by atoms with Gasteiger partial charge in [-0.05, 0) is 0 Å². The molecule has 4 N–H and O–H groups in total. The predicted molar refractivity (Wildman–Crippen MR) is 39.7 cm³/mol. The van der Waals surface area contributed by atoms with Gasteiger partial charge in [-0.2, -0.15) is 0 Å². The van der Waals surface area contributed by atoms with Crippen LogP contribution in [0.15, 0.2) is 0 Å². The highest BCUT2D eigenvalue weighted by Gasteiger charge is 2.44. The van der Waals surface area contributed by atoms with Gasteiger partial charge in [0.1, 0.15) is 6.10 Å². The average Bonchev–Trinajstić information content (AvgIpc) is 2.07. The third-order valence-electron chi connectivity index (χ3n) is 2.19. The van der Waals surface area contributed by atoms with Crippen molar-refractivity contribution in [3.63, 3.8) is 0 Å². The molecule has 1 saturated heterocycles. The van der Waals surface area contributed by atoms with E-state index in [9.17, 15) is 9.90 Å². The first-order valence-electron chi connectivity index (χ1n) is 3.87. The van der Waals surface area contributed by atoms with E-state index < -0.39 is 36.5 Å². The molecule has 0 aromatic heterocycles. The summed E-state index contributed by atoms with van der Waals surface area (Å²) in [5.41, 5.74) is 0. The summed E-state index contributed by atoms with van der Waals surface area (Å²) in [6, 6.07) is 0. The van der Waals surface area contributed by atoms with Gasteiger partial charge < -0.3 is 25.2 Å². The Morgan fingerprint density at radius 1 is 1.23 bits per heavy atom. The van der Waals surface area contributed by atoms with Gasteiger partial charge in [0.25, 0.3) is 0 Å². The Hall–Kier alpha value is -0.690. The fourth-order valence-electron chi connectivity index (χ4n) is 1.30. The molecule has 0 saturated carbocycles.